The summed E-state index contributed by atoms with van der Waals surface area (Å²) in [6, 6.07) is 6.93. The molecule has 0 spiro atoms. The van der Waals surface area contributed by atoms with Crippen molar-refractivity contribution in [2.45, 2.75) is 33.2 Å². The summed E-state index contributed by atoms with van der Waals surface area (Å²) in [7, 11) is 1.49. The number of nitrogens with zero attached hydrogens (tertiary/aromatic N) is 1. The monoisotopic (exact) mass is 445 g/mol. The number of anilines is 1. The molecule has 3 aromatic rings. The van der Waals surface area contributed by atoms with Crippen molar-refractivity contribution in [3.05, 3.63) is 55.5 Å². The van der Waals surface area contributed by atoms with E-state index in [1.807, 2.05) is 0 Å². The van der Waals surface area contributed by atoms with Crippen LogP contribution in [-0.2, 0) is 15.1 Å². The second-order valence-electron chi connectivity index (χ2n) is 7.26. The number of aryl methyl sites for hydroxylation is 1. The fourth-order valence-electron chi connectivity index (χ4n) is 3.27. The maximum atomic E-state index is 13.2. The molecule has 0 aliphatic heterocycles. The molecule has 2 heterocycles. The van der Waals surface area contributed by atoms with Crippen LogP contribution in [0.1, 0.15) is 36.0 Å². The average molecular weight is 445 g/mol. The number of hydrogen-bond acceptors (Lipinski definition) is 7. The number of para-hydroxylation sites is 2. The zero-order chi connectivity index (χ0) is 22.9. The van der Waals surface area contributed by atoms with E-state index in [9.17, 15) is 19.2 Å². The molecule has 3 rings (SSSR count). The first-order chi connectivity index (χ1) is 14.6. The molecule has 0 aliphatic rings. The van der Waals surface area contributed by atoms with Gasteiger partial charge in [-0.2, -0.15) is 0 Å². The topological polar surface area (TPSA) is 119 Å². The van der Waals surface area contributed by atoms with E-state index in [0.717, 1.165) is 15.9 Å². The highest BCUT2D eigenvalue weighted by atomic mass is 32.1. The maximum absolute atomic E-state index is 13.2. The number of hydrogen-bond donors (Lipinski definition) is 2. The molecule has 2 aromatic heterocycles. The fraction of sp³-hybridized carbons (Fsp3) is 0.333. The predicted molar refractivity (Wildman–Crippen MR) is 118 cm³/mol. The van der Waals surface area contributed by atoms with E-state index in [0.29, 0.717) is 17.0 Å². The molecule has 2 N–H and O–H groups in total. The van der Waals surface area contributed by atoms with Gasteiger partial charge in [0.05, 0.1) is 29.7 Å². The van der Waals surface area contributed by atoms with Gasteiger partial charge in [-0.15, -0.1) is 11.3 Å². The number of aromatic amines is 1. The average Bonchev–Trinajstić information content (AvgIpc) is 3.04. The molecule has 164 valence electrons. The predicted octanol–water partition coefficient (Wildman–Crippen LogP) is 2.62. The van der Waals surface area contributed by atoms with Crippen molar-refractivity contribution in [1.82, 2.24) is 9.55 Å². The minimum Gasteiger partial charge on any atom is -0.495 e. The zero-order valence-electron chi connectivity index (χ0n) is 17.8. The number of nitrogens with one attached hydrogen (secondary N) is 2. The number of H-pyrrole nitrogens is 1. The Morgan fingerprint density at radius 3 is 2.55 bits per heavy atom. The Morgan fingerprint density at radius 2 is 1.90 bits per heavy atom. The summed E-state index contributed by atoms with van der Waals surface area (Å²) in [6.07, 6.45) is 0. The molecule has 9 nitrogen and oxygen atoms in total. The highest BCUT2D eigenvalue weighted by Gasteiger charge is 2.35. The Bertz CT molecular complexity index is 1280. The second-order valence-corrected chi connectivity index (χ2v) is 8.29. The highest BCUT2D eigenvalue weighted by Crippen LogP contribution is 2.30. The van der Waals surface area contributed by atoms with E-state index in [1.165, 1.54) is 21.0 Å². The van der Waals surface area contributed by atoms with Crippen molar-refractivity contribution in [2.75, 3.05) is 19.0 Å². The van der Waals surface area contributed by atoms with E-state index >= 15 is 0 Å². The van der Waals surface area contributed by atoms with Crippen LogP contribution >= 0.6 is 11.3 Å². The smallest absolute Gasteiger partial charge is 0.332 e. The Labute approximate surface area is 181 Å². The van der Waals surface area contributed by atoms with Crippen LogP contribution in [0.3, 0.4) is 0 Å². The van der Waals surface area contributed by atoms with Crippen molar-refractivity contribution in [3.8, 4) is 5.75 Å². The van der Waals surface area contributed by atoms with E-state index in [-0.39, 0.29) is 21.7 Å². The maximum Gasteiger partial charge on any atom is 0.332 e. The molecule has 0 atom stereocenters. The van der Waals surface area contributed by atoms with E-state index < -0.39 is 28.7 Å². The third kappa shape index (κ3) is 3.86. The normalized spacial score (nSPS) is 11.4. The van der Waals surface area contributed by atoms with Gasteiger partial charge < -0.3 is 14.8 Å². The minimum absolute atomic E-state index is 0.113. The van der Waals surface area contributed by atoms with Gasteiger partial charge in [0, 0.05) is 0 Å². The van der Waals surface area contributed by atoms with Crippen LogP contribution in [0.25, 0.3) is 10.2 Å². The standard InChI is InChI=1S/C21H23N3O6S/c1-6-30-19(27)21(3,4)24-18(26)14-11(2)15(31-17(14)23-20(24)28)16(25)22-12-9-7-8-10-13(12)29-5/h7-10H,6H2,1-5H3,(H,22,25)(H,23,28). The number of esters is 1. The van der Waals surface area contributed by atoms with Gasteiger partial charge >= 0.3 is 11.7 Å². The number of aromatic nitrogens is 2. The number of rotatable bonds is 6. The molecular formula is C21H23N3O6S. The van der Waals surface area contributed by atoms with E-state index in [4.69, 9.17) is 9.47 Å². The summed E-state index contributed by atoms with van der Waals surface area (Å²) in [5.41, 5.74) is -2.07. The van der Waals surface area contributed by atoms with Crippen LogP contribution < -0.4 is 21.3 Å². The largest absolute Gasteiger partial charge is 0.495 e. The number of carbonyl (C=O) groups excluding carboxylic acids is 2. The highest BCUT2D eigenvalue weighted by molar-refractivity contribution is 7.20. The number of fused-ring (bicyclic) bond motifs is 1. The summed E-state index contributed by atoms with van der Waals surface area (Å²) in [5.74, 6) is -0.662. The van der Waals surface area contributed by atoms with Crippen molar-refractivity contribution in [2.24, 2.45) is 0 Å². The summed E-state index contributed by atoms with van der Waals surface area (Å²) in [4.78, 5) is 54.3. The summed E-state index contributed by atoms with van der Waals surface area (Å²) in [5, 5.41) is 2.94. The molecule has 0 aliphatic carbocycles. The molecule has 0 radical (unpaired) electrons. The van der Waals surface area contributed by atoms with Gasteiger partial charge in [0.1, 0.15) is 16.1 Å². The van der Waals surface area contributed by atoms with Gasteiger partial charge in [0.25, 0.3) is 11.5 Å². The van der Waals surface area contributed by atoms with Gasteiger partial charge in [-0.3, -0.25) is 14.6 Å². The summed E-state index contributed by atoms with van der Waals surface area (Å²) < 4.78 is 11.1. The molecule has 1 aromatic carbocycles. The quantitative estimate of drug-likeness (QED) is 0.563. The van der Waals surface area contributed by atoms with Gasteiger partial charge in [-0.25, -0.2) is 14.2 Å². The molecule has 1 amide bonds. The lowest BCUT2D eigenvalue weighted by atomic mass is 10.1. The lowest BCUT2D eigenvalue weighted by Crippen LogP contribution is -2.51. The third-order valence-electron chi connectivity index (χ3n) is 4.88. The van der Waals surface area contributed by atoms with Gasteiger partial charge in [0.2, 0.25) is 0 Å². The molecule has 0 saturated heterocycles. The fourth-order valence-corrected chi connectivity index (χ4v) is 4.35. The molecule has 0 bridgehead atoms. The number of benzene rings is 1. The van der Waals surface area contributed by atoms with E-state index in [2.05, 4.69) is 10.3 Å². The third-order valence-corrected chi connectivity index (χ3v) is 6.09. The van der Waals surface area contributed by atoms with Crippen LogP contribution in [-0.4, -0.2) is 35.1 Å². The van der Waals surface area contributed by atoms with Crippen LogP contribution in [0.2, 0.25) is 0 Å². The Morgan fingerprint density at radius 1 is 1.23 bits per heavy atom. The van der Waals surface area contributed by atoms with Crippen molar-refractivity contribution in [1.29, 1.82) is 0 Å². The number of amides is 1. The molecule has 0 saturated carbocycles. The van der Waals surface area contributed by atoms with Crippen LogP contribution in [0.5, 0.6) is 5.75 Å². The second kappa shape index (κ2) is 8.38. The van der Waals surface area contributed by atoms with Gasteiger partial charge in [0.15, 0.2) is 0 Å². The molecule has 31 heavy (non-hydrogen) atoms. The van der Waals surface area contributed by atoms with E-state index in [1.54, 1.807) is 38.1 Å². The summed E-state index contributed by atoms with van der Waals surface area (Å²) in [6.45, 7) is 6.24. The molecule has 0 fully saturated rings. The van der Waals surface area contributed by atoms with Crippen LogP contribution in [0, 0.1) is 6.92 Å². The number of carbonyl (C=O) groups is 2. The Kier molecular flexibility index (Phi) is 6.03. The van der Waals surface area contributed by atoms with Crippen molar-refractivity contribution < 1.29 is 19.1 Å². The minimum atomic E-state index is -1.52. The summed E-state index contributed by atoms with van der Waals surface area (Å²) >= 11 is 0.993. The first-order valence-corrected chi connectivity index (χ1v) is 10.4. The van der Waals surface area contributed by atoms with Crippen molar-refractivity contribution in [3.63, 3.8) is 0 Å². The lowest BCUT2D eigenvalue weighted by Gasteiger charge is -2.23. The van der Waals surface area contributed by atoms with Crippen LogP contribution in [0.4, 0.5) is 5.69 Å². The molecule has 10 heteroatoms. The van der Waals surface area contributed by atoms with Gasteiger partial charge in [-0.1, -0.05) is 12.1 Å². The number of ether oxygens (including phenoxy) is 2. The Hall–Kier alpha value is -3.40. The molecule has 0 unspecified atom stereocenters. The van der Waals surface area contributed by atoms with Gasteiger partial charge in [-0.05, 0) is 45.4 Å². The molecular weight excluding hydrogens is 422 g/mol. The van der Waals surface area contributed by atoms with Crippen LogP contribution in [0.15, 0.2) is 33.9 Å². The zero-order valence-corrected chi connectivity index (χ0v) is 18.6. The first kappa shape index (κ1) is 22.3. The SMILES string of the molecule is CCOC(=O)C(C)(C)n1c(=O)[nH]c2sc(C(=O)Nc3ccccc3OC)c(C)c2c1=O. The number of thiophene rings is 1. The lowest BCUT2D eigenvalue weighted by molar-refractivity contribution is -0.152. The Balaban J connectivity index is 2.12. The number of methoxy groups -OCH3 is 1. The first-order valence-electron chi connectivity index (χ1n) is 9.54. The van der Waals surface area contributed by atoms with Crippen molar-refractivity contribution >= 4 is 39.1 Å².